The van der Waals surface area contributed by atoms with Gasteiger partial charge in [-0.3, -0.25) is 0 Å². The Kier molecular flexibility index (Phi) is 4.09. The molecule has 0 amide bonds. The molecule has 1 aliphatic rings. The Balaban J connectivity index is 1.84. The van der Waals surface area contributed by atoms with Gasteiger partial charge >= 0.3 is 5.69 Å². The standard InChI is InChI=1S/C17H19BrN6O/c1-22-9-5-8-12(22)10-23-17(25)24-15(21-23)13(18)14(20-16(24)19)11-6-3-2-4-7-11/h2-4,6-7,12H,5,8-10H2,1H3,(H2,19,20). The molecule has 0 aliphatic carbocycles. The summed E-state index contributed by atoms with van der Waals surface area (Å²) in [5, 5.41) is 4.53. The summed E-state index contributed by atoms with van der Waals surface area (Å²) in [6.45, 7) is 1.61. The third-order valence-electron chi connectivity index (χ3n) is 4.80. The van der Waals surface area contributed by atoms with Crippen LogP contribution in [0.2, 0.25) is 0 Å². The Bertz CT molecular complexity index is 980. The first-order valence-corrected chi connectivity index (χ1v) is 9.06. The van der Waals surface area contributed by atoms with E-state index in [0.717, 1.165) is 24.9 Å². The molecule has 1 aliphatic heterocycles. The van der Waals surface area contributed by atoms with E-state index in [1.165, 1.54) is 9.08 Å². The Morgan fingerprint density at radius 3 is 2.76 bits per heavy atom. The van der Waals surface area contributed by atoms with Crippen LogP contribution in [-0.4, -0.2) is 43.7 Å². The van der Waals surface area contributed by atoms with Gasteiger partial charge in [-0.15, -0.1) is 5.10 Å². The van der Waals surface area contributed by atoms with Crippen LogP contribution in [0, 0.1) is 0 Å². The van der Waals surface area contributed by atoms with Crippen molar-refractivity contribution in [1.29, 1.82) is 0 Å². The second-order valence-corrected chi connectivity index (χ2v) is 7.19. The summed E-state index contributed by atoms with van der Waals surface area (Å²) in [5.41, 5.74) is 7.93. The van der Waals surface area contributed by atoms with Crippen LogP contribution in [0.5, 0.6) is 0 Å². The number of hydrogen-bond acceptors (Lipinski definition) is 5. The SMILES string of the molecule is CN1CCCC1Cn1nc2c(Br)c(-c3ccccc3)nc(N)n2c1=O. The lowest BCUT2D eigenvalue weighted by molar-refractivity contribution is 0.272. The summed E-state index contributed by atoms with van der Waals surface area (Å²) in [4.78, 5) is 19.4. The number of nitrogens with zero attached hydrogens (tertiary/aromatic N) is 5. The van der Waals surface area contributed by atoms with Crippen molar-refractivity contribution in [3.63, 3.8) is 0 Å². The lowest BCUT2D eigenvalue weighted by atomic mass is 10.1. The molecule has 3 heterocycles. The first-order valence-electron chi connectivity index (χ1n) is 8.26. The Morgan fingerprint density at radius 1 is 1.32 bits per heavy atom. The number of rotatable bonds is 3. The molecule has 0 radical (unpaired) electrons. The fraction of sp³-hybridized carbons (Fsp3) is 0.353. The molecule has 7 nitrogen and oxygen atoms in total. The number of nitrogen functional groups attached to an aromatic ring is 1. The molecule has 2 aromatic heterocycles. The van der Waals surface area contributed by atoms with Crippen LogP contribution >= 0.6 is 15.9 Å². The molecule has 25 heavy (non-hydrogen) atoms. The molecule has 1 aromatic carbocycles. The van der Waals surface area contributed by atoms with Crippen LogP contribution in [0.1, 0.15) is 12.8 Å². The van der Waals surface area contributed by atoms with Crippen molar-refractivity contribution in [1.82, 2.24) is 24.1 Å². The number of hydrogen-bond donors (Lipinski definition) is 1. The van der Waals surface area contributed by atoms with E-state index in [2.05, 4.69) is 38.0 Å². The van der Waals surface area contributed by atoms with Gasteiger partial charge in [0.2, 0.25) is 5.95 Å². The molecule has 1 atom stereocenters. The van der Waals surface area contributed by atoms with E-state index in [4.69, 9.17) is 5.73 Å². The third kappa shape index (κ3) is 2.75. The van der Waals surface area contributed by atoms with Gasteiger partial charge in [-0.2, -0.15) is 0 Å². The zero-order valence-electron chi connectivity index (χ0n) is 13.9. The second-order valence-electron chi connectivity index (χ2n) is 6.40. The minimum atomic E-state index is -0.249. The maximum absolute atomic E-state index is 12.7. The van der Waals surface area contributed by atoms with E-state index in [0.29, 0.717) is 28.4 Å². The summed E-state index contributed by atoms with van der Waals surface area (Å²) in [5.74, 6) is 0.146. The number of likely N-dealkylation sites (N-methyl/N-ethyl adjacent to an activating group) is 1. The van der Waals surface area contributed by atoms with Gasteiger partial charge in [0, 0.05) is 11.6 Å². The number of anilines is 1. The molecule has 0 bridgehead atoms. The third-order valence-corrected chi connectivity index (χ3v) is 5.53. The highest BCUT2D eigenvalue weighted by molar-refractivity contribution is 9.10. The van der Waals surface area contributed by atoms with Crippen molar-refractivity contribution in [2.24, 2.45) is 0 Å². The fourth-order valence-corrected chi connectivity index (χ4v) is 3.97. The number of likely N-dealkylation sites (tertiary alicyclic amines) is 1. The van der Waals surface area contributed by atoms with E-state index in [1.54, 1.807) is 0 Å². The van der Waals surface area contributed by atoms with Gasteiger partial charge in [-0.25, -0.2) is 18.9 Å². The molecule has 0 saturated carbocycles. The largest absolute Gasteiger partial charge is 0.369 e. The summed E-state index contributed by atoms with van der Waals surface area (Å²) in [6.07, 6.45) is 2.22. The van der Waals surface area contributed by atoms with Crippen LogP contribution in [0.15, 0.2) is 39.6 Å². The van der Waals surface area contributed by atoms with Gasteiger partial charge in [0.05, 0.1) is 16.7 Å². The average Bonchev–Trinajstić information content (AvgIpc) is 3.17. The van der Waals surface area contributed by atoms with Crippen LogP contribution in [0.3, 0.4) is 0 Å². The second kappa shape index (κ2) is 6.27. The molecular weight excluding hydrogens is 384 g/mol. The Morgan fingerprint density at radius 2 is 2.08 bits per heavy atom. The minimum absolute atomic E-state index is 0.146. The van der Waals surface area contributed by atoms with Crippen LogP contribution in [0.4, 0.5) is 5.95 Å². The zero-order chi connectivity index (χ0) is 17.6. The van der Waals surface area contributed by atoms with E-state index in [1.807, 2.05) is 30.3 Å². The van der Waals surface area contributed by atoms with Crippen molar-refractivity contribution in [3.8, 4) is 11.3 Å². The topological polar surface area (TPSA) is 81.4 Å². The summed E-state index contributed by atoms with van der Waals surface area (Å²) >= 11 is 3.56. The quantitative estimate of drug-likeness (QED) is 0.724. The first kappa shape index (κ1) is 16.3. The van der Waals surface area contributed by atoms with E-state index in [-0.39, 0.29) is 11.6 Å². The first-order chi connectivity index (χ1) is 12.1. The van der Waals surface area contributed by atoms with Crippen molar-refractivity contribution in [2.75, 3.05) is 19.3 Å². The van der Waals surface area contributed by atoms with Crippen molar-refractivity contribution >= 4 is 27.5 Å². The van der Waals surface area contributed by atoms with Crippen molar-refractivity contribution in [2.45, 2.75) is 25.4 Å². The van der Waals surface area contributed by atoms with E-state index >= 15 is 0 Å². The van der Waals surface area contributed by atoms with Gasteiger partial charge in [-0.1, -0.05) is 30.3 Å². The lowest BCUT2D eigenvalue weighted by Gasteiger charge is -2.18. The molecule has 130 valence electrons. The molecule has 4 rings (SSSR count). The number of nitrogens with two attached hydrogens (primary N) is 1. The van der Waals surface area contributed by atoms with Gasteiger partial charge < -0.3 is 10.6 Å². The van der Waals surface area contributed by atoms with Crippen LogP contribution < -0.4 is 11.4 Å². The van der Waals surface area contributed by atoms with Crippen molar-refractivity contribution < 1.29 is 0 Å². The van der Waals surface area contributed by atoms with Crippen LogP contribution in [-0.2, 0) is 6.54 Å². The fourth-order valence-electron chi connectivity index (χ4n) is 3.39. The molecule has 1 unspecified atom stereocenters. The molecule has 2 N–H and O–H groups in total. The Labute approximate surface area is 153 Å². The Hall–Kier alpha value is -2.19. The van der Waals surface area contributed by atoms with E-state index < -0.39 is 0 Å². The highest BCUT2D eigenvalue weighted by Gasteiger charge is 2.24. The van der Waals surface area contributed by atoms with Gasteiger partial charge in [0.25, 0.3) is 0 Å². The smallest absolute Gasteiger partial charge is 0.353 e. The monoisotopic (exact) mass is 402 g/mol. The molecule has 0 spiro atoms. The summed E-state index contributed by atoms with van der Waals surface area (Å²) < 4.78 is 3.54. The molecule has 8 heteroatoms. The number of benzene rings is 1. The maximum atomic E-state index is 12.7. The lowest BCUT2D eigenvalue weighted by Crippen LogP contribution is -2.34. The van der Waals surface area contributed by atoms with Gasteiger partial charge in [0.1, 0.15) is 0 Å². The summed E-state index contributed by atoms with van der Waals surface area (Å²) in [6, 6.07) is 10.0. The molecule has 3 aromatic rings. The molecule has 1 saturated heterocycles. The normalized spacial score (nSPS) is 18.2. The van der Waals surface area contributed by atoms with E-state index in [9.17, 15) is 4.79 Å². The predicted molar refractivity (Wildman–Crippen MR) is 100 cm³/mol. The number of fused-ring (bicyclic) bond motifs is 1. The minimum Gasteiger partial charge on any atom is -0.369 e. The number of aromatic nitrogens is 4. The summed E-state index contributed by atoms with van der Waals surface area (Å²) in [7, 11) is 2.08. The highest BCUT2D eigenvalue weighted by Crippen LogP contribution is 2.30. The zero-order valence-corrected chi connectivity index (χ0v) is 15.5. The highest BCUT2D eigenvalue weighted by atomic mass is 79.9. The van der Waals surface area contributed by atoms with Crippen LogP contribution in [0.25, 0.3) is 16.9 Å². The van der Waals surface area contributed by atoms with Gasteiger partial charge in [-0.05, 0) is 42.4 Å². The average molecular weight is 403 g/mol. The molecular formula is C17H19BrN6O. The predicted octanol–water partition coefficient (Wildman–Crippen LogP) is 2.00. The maximum Gasteiger partial charge on any atom is 0.353 e. The number of halogens is 1. The van der Waals surface area contributed by atoms with Crippen molar-refractivity contribution in [3.05, 3.63) is 45.3 Å². The van der Waals surface area contributed by atoms with Gasteiger partial charge in [0.15, 0.2) is 5.65 Å². The molecule has 1 fully saturated rings.